The van der Waals surface area contributed by atoms with Crippen LogP contribution in [0.15, 0.2) is 24.5 Å². The maximum Gasteiger partial charge on any atom is 0.337 e. The first kappa shape index (κ1) is 10.4. The normalized spacial score (nSPS) is 10.4. The summed E-state index contributed by atoms with van der Waals surface area (Å²) in [6.07, 6.45) is 1.40. The Kier molecular flexibility index (Phi) is 2.44. The fourth-order valence-electron chi connectivity index (χ4n) is 1.54. The van der Waals surface area contributed by atoms with E-state index in [0.717, 1.165) is 5.56 Å². The number of aryl methyl sites for hydroxylation is 2. The molecule has 0 atom stereocenters. The molecule has 0 aliphatic rings. The predicted octanol–water partition coefficient (Wildman–Crippen LogP) is 1.58. The van der Waals surface area contributed by atoms with E-state index in [-0.39, 0.29) is 5.56 Å². The van der Waals surface area contributed by atoms with Crippen LogP contribution in [0.1, 0.15) is 21.7 Å². The van der Waals surface area contributed by atoms with E-state index in [1.54, 1.807) is 19.1 Å². The summed E-state index contributed by atoms with van der Waals surface area (Å²) in [5.41, 5.74) is 1.67. The minimum absolute atomic E-state index is 0.230. The molecular formula is C11H11N3O2. The van der Waals surface area contributed by atoms with Gasteiger partial charge in [-0.1, -0.05) is 11.6 Å². The third kappa shape index (κ3) is 1.67. The van der Waals surface area contributed by atoms with Gasteiger partial charge in [0.2, 0.25) is 0 Å². The van der Waals surface area contributed by atoms with Gasteiger partial charge < -0.3 is 5.11 Å². The molecule has 2 aromatic rings. The quantitative estimate of drug-likeness (QED) is 0.829. The first-order chi connectivity index (χ1) is 7.59. The maximum absolute atomic E-state index is 11.1. The van der Waals surface area contributed by atoms with Gasteiger partial charge in [-0.25, -0.2) is 14.5 Å². The third-order valence-corrected chi connectivity index (χ3v) is 2.33. The molecule has 0 spiro atoms. The van der Waals surface area contributed by atoms with Gasteiger partial charge in [0.25, 0.3) is 0 Å². The molecule has 1 heterocycles. The van der Waals surface area contributed by atoms with Crippen molar-refractivity contribution in [3.63, 3.8) is 0 Å². The molecule has 1 N–H and O–H groups in total. The van der Waals surface area contributed by atoms with Gasteiger partial charge in [-0.2, -0.15) is 5.10 Å². The fourth-order valence-corrected chi connectivity index (χ4v) is 1.54. The molecule has 0 saturated carbocycles. The second-order valence-electron chi connectivity index (χ2n) is 3.54. The number of aromatic carboxylic acids is 1. The Balaban J connectivity index is 2.65. The van der Waals surface area contributed by atoms with E-state index in [1.165, 1.54) is 11.0 Å². The van der Waals surface area contributed by atoms with Crippen LogP contribution < -0.4 is 0 Å². The van der Waals surface area contributed by atoms with E-state index in [0.29, 0.717) is 11.5 Å². The monoisotopic (exact) mass is 217 g/mol. The van der Waals surface area contributed by atoms with Crippen molar-refractivity contribution in [3.8, 4) is 5.69 Å². The van der Waals surface area contributed by atoms with Crippen LogP contribution in [0.4, 0.5) is 0 Å². The molecule has 5 nitrogen and oxygen atoms in total. The van der Waals surface area contributed by atoms with Gasteiger partial charge in [0.15, 0.2) is 0 Å². The highest BCUT2D eigenvalue weighted by Gasteiger charge is 2.13. The number of rotatable bonds is 2. The van der Waals surface area contributed by atoms with E-state index >= 15 is 0 Å². The number of hydrogen-bond acceptors (Lipinski definition) is 3. The largest absolute Gasteiger partial charge is 0.478 e. The first-order valence-corrected chi connectivity index (χ1v) is 4.80. The molecule has 1 aromatic heterocycles. The molecule has 2 rings (SSSR count). The van der Waals surface area contributed by atoms with Gasteiger partial charge in [-0.3, -0.25) is 0 Å². The molecule has 0 aliphatic carbocycles. The highest BCUT2D eigenvalue weighted by molar-refractivity contribution is 5.92. The van der Waals surface area contributed by atoms with Crippen molar-refractivity contribution in [2.24, 2.45) is 0 Å². The van der Waals surface area contributed by atoms with Crippen LogP contribution in [0, 0.1) is 13.8 Å². The molecule has 0 saturated heterocycles. The summed E-state index contributed by atoms with van der Waals surface area (Å²) in [5.74, 6) is -0.306. The standard InChI is InChI=1S/C11H11N3O2/c1-7-3-4-10(9(5-7)11(15)16)14-8(2)12-6-13-14/h3-6H,1-2H3,(H,15,16). The SMILES string of the molecule is Cc1ccc(-n2ncnc2C)c(C(=O)O)c1. The molecule has 0 fully saturated rings. The van der Waals surface area contributed by atoms with E-state index < -0.39 is 5.97 Å². The Hall–Kier alpha value is -2.17. The minimum atomic E-state index is -0.964. The lowest BCUT2D eigenvalue weighted by Crippen LogP contribution is -2.08. The van der Waals surface area contributed by atoms with Gasteiger partial charge in [-0.15, -0.1) is 0 Å². The highest BCUT2D eigenvalue weighted by atomic mass is 16.4. The summed E-state index contributed by atoms with van der Waals surface area (Å²) < 4.78 is 1.52. The van der Waals surface area contributed by atoms with Crippen LogP contribution in [0.5, 0.6) is 0 Å². The summed E-state index contributed by atoms with van der Waals surface area (Å²) >= 11 is 0. The summed E-state index contributed by atoms with van der Waals surface area (Å²) in [4.78, 5) is 15.1. The van der Waals surface area contributed by atoms with Crippen molar-refractivity contribution in [1.29, 1.82) is 0 Å². The Morgan fingerprint density at radius 3 is 2.69 bits per heavy atom. The van der Waals surface area contributed by atoms with Crippen molar-refractivity contribution in [2.75, 3.05) is 0 Å². The second kappa shape index (κ2) is 3.77. The number of aromatic nitrogens is 3. The van der Waals surface area contributed by atoms with Crippen LogP contribution >= 0.6 is 0 Å². The van der Waals surface area contributed by atoms with E-state index in [1.807, 2.05) is 13.0 Å². The number of benzene rings is 1. The molecule has 0 aliphatic heterocycles. The van der Waals surface area contributed by atoms with Gasteiger partial charge in [0.05, 0.1) is 11.3 Å². The van der Waals surface area contributed by atoms with Crippen LogP contribution in [-0.2, 0) is 0 Å². The van der Waals surface area contributed by atoms with Crippen LogP contribution in [0.3, 0.4) is 0 Å². The van der Waals surface area contributed by atoms with E-state index in [4.69, 9.17) is 5.11 Å². The first-order valence-electron chi connectivity index (χ1n) is 4.80. The molecule has 1 aromatic carbocycles. The molecule has 0 unspecified atom stereocenters. The Morgan fingerprint density at radius 1 is 1.38 bits per heavy atom. The van der Waals surface area contributed by atoms with Gasteiger partial charge in [0, 0.05) is 0 Å². The minimum Gasteiger partial charge on any atom is -0.478 e. The van der Waals surface area contributed by atoms with Crippen LogP contribution in [0.2, 0.25) is 0 Å². The lowest BCUT2D eigenvalue weighted by molar-refractivity contribution is 0.0696. The molecule has 16 heavy (non-hydrogen) atoms. The third-order valence-electron chi connectivity index (χ3n) is 2.33. The van der Waals surface area contributed by atoms with Gasteiger partial charge in [0.1, 0.15) is 12.2 Å². The van der Waals surface area contributed by atoms with Crippen LogP contribution in [-0.4, -0.2) is 25.8 Å². The van der Waals surface area contributed by atoms with Crippen molar-refractivity contribution in [3.05, 3.63) is 41.5 Å². The molecular weight excluding hydrogens is 206 g/mol. The van der Waals surface area contributed by atoms with E-state index in [9.17, 15) is 4.79 Å². The topological polar surface area (TPSA) is 68.0 Å². The Bertz CT molecular complexity index is 546. The smallest absolute Gasteiger partial charge is 0.337 e. The summed E-state index contributed by atoms with van der Waals surface area (Å²) in [6.45, 7) is 3.63. The number of hydrogen-bond donors (Lipinski definition) is 1. The number of carboxylic acid groups (broad SMARTS) is 1. The van der Waals surface area contributed by atoms with Gasteiger partial charge >= 0.3 is 5.97 Å². The van der Waals surface area contributed by atoms with Gasteiger partial charge in [-0.05, 0) is 26.0 Å². The van der Waals surface area contributed by atoms with Crippen molar-refractivity contribution < 1.29 is 9.90 Å². The van der Waals surface area contributed by atoms with Crippen LogP contribution in [0.25, 0.3) is 5.69 Å². The molecule has 0 radical (unpaired) electrons. The lowest BCUT2D eigenvalue weighted by atomic mass is 10.1. The highest BCUT2D eigenvalue weighted by Crippen LogP contribution is 2.16. The lowest BCUT2D eigenvalue weighted by Gasteiger charge is -2.07. The number of carbonyl (C=O) groups is 1. The molecule has 0 amide bonds. The zero-order valence-corrected chi connectivity index (χ0v) is 9.01. The molecule has 0 bridgehead atoms. The van der Waals surface area contributed by atoms with Crippen molar-refractivity contribution >= 4 is 5.97 Å². The van der Waals surface area contributed by atoms with Crippen molar-refractivity contribution in [1.82, 2.24) is 14.8 Å². The zero-order chi connectivity index (χ0) is 11.7. The second-order valence-corrected chi connectivity index (χ2v) is 3.54. The summed E-state index contributed by atoms with van der Waals surface area (Å²) in [5, 5.41) is 13.1. The Morgan fingerprint density at radius 2 is 2.12 bits per heavy atom. The average molecular weight is 217 g/mol. The summed E-state index contributed by atoms with van der Waals surface area (Å²) in [7, 11) is 0. The molecule has 5 heteroatoms. The zero-order valence-electron chi connectivity index (χ0n) is 9.01. The van der Waals surface area contributed by atoms with E-state index in [2.05, 4.69) is 10.1 Å². The average Bonchev–Trinajstić information content (AvgIpc) is 2.64. The summed E-state index contributed by atoms with van der Waals surface area (Å²) in [6, 6.07) is 5.21. The predicted molar refractivity (Wildman–Crippen MR) is 57.8 cm³/mol. The van der Waals surface area contributed by atoms with Crippen molar-refractivity contribution in [2.45, 2.75) is 13.8 Å². The Labute approximate surface area is 92.4 Å². The number of carboxylic acids is 1. The molecule has 82 valence electrons. The number of nitrogens with zero attached hydrogens (tertiary/aromatic N) is 3. The maximum atomic E-state index is 11.1. The fraction of sp³-hybridized carbons (Fsp3) is 0.182.